The summed E-state index contributed by atoms with van der Waals surface area (Å²) < 4.78 is 0. The minimum atomic E-state index is -0.514. The van der Waals surface area contributed by atoms with Crippen molar-refractivity contribution in [2.75, 3.05) is 34.7 Å². The topological polar surface area (TPSA) is 58.5 Å². The molecule has 0 aliphatic rings. The predicted molar refractivity (Wildman–Crippen MR) is 43.3 cm³/mol. The number of rotatable bonds is 3. The van der Waals surface area contributed by atoms with Gasteiger partial charge in [0.05, 0.1) is 0 Å². The van der Waals surface area contributed by atoms with Crippen LogP contribution in [0.1, 0.15) is 0 Å². The van der Waals surface area contributed by atoms with Crippen LogP contribution in [0.25, 0.3) is 0 Å². The maximum absolute atomic E-state index is 5.91. The first-order valence-electron chi connectivity index (χ1n) is 3.29. The van der Waals surface area contributed by atoms with E-state index >= 15 is 0 Å². The van der Waals surface area contributed by atoms with Crippen LogP contribution < -0.4 is 11.5 Å². The fourth-order valence-electron chi connectivity index (χ4n) is 0.765. The summed E-state index contributed by atoms with van der Waals surface area (Å²) in [5.74, 6) is -0.514. The molecule has 0 fully saturated rings. The molecule has 0 aliphatic carbocycles. The Morgan fingerprint density at radius 1 is 1.10 bits per heavy atom. The molecule has 0 unspecified atom stereocenters. The van der Waals surface area contributed by atoms with Crippen molar-refractivity contribution in [2.24, 2.45) is 11.5 Å². The van der Waals surface area contributed by atoms with Gasteiger partial charge in [0.2, 0.25) is 0 Å². The first kappa shape index (κ1) is 9.84. The summed E-state index contributed by atoms with van der Waals surface area (Å²) in [5.41, 5.74) is 11.4. The average Bonchev–Trinajstić information content (AvgIpc) is 1.85. The quantitative estimate of drug-likeness (QED) is 0.485. The van der Waals surface area contributed by atoms with Crippen LogP contribution in [0.15, 0.2) is 0 Å². The molecular weight excluding hydrogens is 128 g/mol. The van der Waals surface area contributed by atoms with Crippen LogP contribution in [0, 0.1) is 0 Å². The molecule has 0 aromatic heterocycles. The molecule has 62 valence electrons. The van der Waals surface area contributed by atoms with Gasteiger partial charge in [-0.15, -0.1) is 0 Å². The van der Waals surface area contributed by atoms with Crippen molar-refractivity contribution >= 4 is 0 Å². The van der Waals surface area contributed by atoms with Gasteiger partial charge in [0.25, 0.3) is 0 Å². The van der Waals surface area contributed by atoms with E-state index < -0.39 is 5.79 Å². The van der Waals surface area contributed by atoms with E-state index in [1.54, 1.807) is 0 Å². The minimum absolute atomic E-state index is 0.424. The van der Waals surface area contributed by atoms with E-state index in [4.69, 9.17) is 11.5 Å². The first-order chi connectivity index (χ1) is 4.45. The van der Waals surface area contributed by atoms with Gasteiger partial charge in [-0.1, -0.05) is 0 Å². The molecule has 0 aromatic carbocycles. The minimum Gasteiger partial charge on any atom is -0.326 e. The monoisotopic (exact) mass is 146 g/mol. The van der Waals surface area contributed by atoms with Crippen LogP contribution in [0.2, 0.25) is 0 Å². The Kier molecular flexibility index (Phi) is 3.24. The van der Waals surface area contributed by atoms with E-state index in [1.165, 1.54) is 0 Å². The summed E-state index contributed by atoms with van der Waals surface area (Å²) in [7, 11) is 7.64. The van der Waals surface area contributed by atoms with Crippen LogP contribution in [-0.2, 0) is 0 Å². The van der Waals surface area contributed by atoms with E-state index in [0.29, 0.717) is 6.54 Å². The summed E-state index contributed by atoms with van der Waals surface area (Å²) in [4.78, 5) is 3.79. The van der Waals surface area contributed by atoms with Gasteiger partial charge in [0.1, 0.15) is 5.79 Å². The Morgan fingerprint density at radius 2 is 1.40 bits per heavy atom. The van der Waals surface area contributed by atoms with Crippen LogP contribution in [0.5, 0.6) is 0 Å². The molecule has 0 atom stereocenters. The van der Waals surface area contributed by atoms with Crippen molar-refractivity contribution in [3.05, 3.63) is 0 Å². The highest BCUT2D eigenvalue weighted by Crippen LogP contribution is 2.03. The van der Waals surface area contributed by atoms with E-state index in [9.17, 15) is 0 Å². The van der Waals surface area contributed by atoms with E-state index in [2.05, 4.69) is 0 Å². The van der Waals surface area contributed by atoms with Crippen LogP contribution in [0.3, 0.4) is 0 Å². The molecule has 10 heavy (non-hydrogen) atoms. The van der Waals surface area contributed by atoms with E-state index in [1.807, 2.05) is 38.0 Å². The van der Waals surface area contributed by atoms with Gasteiger partial charge in [-0.25, -0.2) is 0 Å². The van der Waals surface area contributed by atoms with Gasteiger partial charge in [0.15, 0.2) is 0 Å². The van der Waals surface area contributed by atoms with Crippen molar-refractivity contribution in [1.29, 1.82) is 0 Å². The number of hydrogen-bond donors (Lipinski definition) is 2. The maximum Gasteiger partial charge on any atom is 0.137 e. The second kappa shape index (κ2) is 3.30. The Hall–Kier alpha value is -0.160. The second-order valence-corrected chi connectivity index (χ2v) is 2.87. The fraction of sp³-hybridized carbons (Fsp3) is 1.00. The molecule has 0 aliphatic heterocycles. The molecule has 4 heteroatoms. The molecule has 0 saturated carbocycles. The van der Waals surface area contributed by atoms with Gasteiger partial charge in [-0.2, -0.15) is 0 Å². The fourth-order valence-corrected chi connectivity index (χ4v) is 0.765. The smallest absolute Gasteiger partial charge is 0.137 e. The summed E-state index contributed by atoms with van der Waals surface area (Å²) >= 11 is 0. The largest absolute Gasteiger partial charge is 0.326 e. The highest BCUT2D eigenvalue weighted by atomic mass is 15.4. The summed E-state index contributed by atoms with van der Waals surface area (Å²) in [6.07, 6.45) is 0. The van der Waals surface area contributed by atoms with Crippen molar-refractivity contribution in [3.63, 3.8) is 0 Å². The molecule has 0 radical (unpaired) electrons. The third kappa shape index (κ3) is 1.67. The molecule has 0 saturated heterocycles. The van der Waals surface area contributed by atoms with E-state index in [-0.39, 0.29) is 0 Å². The third-order valence-corrected chi connectivity index (χ3v) is 1.85. The summed E-state index contributed by atoms with van der Waals surface area (Å²) in [6, 6.07) is 0. The van der Waals surface area contributed by atoms with Crippen molar-refractivity contribution in [2.45, 2.75) is 5.79 Å². The molecule has 0 aromatic rings. The standard InChI is InChI=1S/C6H18N4/c1-9(2)6(8,5-7)10(3)4/h5,7-8H2,1-4H3. The Morgan fingerprint density at radius 3 is 1.40 bits per heavy atom. The molecule has 4 N–H and O–H groups in total. The number of hydrogen-bond acceptors (Lipinski definition) is 4. The lowest BCUT2D eigenvalue weighted by molar-refractivity contribution is 0.0179. The highest BCUT2D eigenvalue weighted by Gasteiger charge is 2.27. The molecule has 0 amide bonds. The van der Waals surface area contributed by atoms with Gasteiger partial charge >= 0.3 is 0 Å². The Labute approximate surface area is 62.8 Å². The molecule has 0 bridgehead atoms. The van der Waals surface area contributed by atoms with Crippen LogP contribution in [0.4, 0.5) is 0 Å². The van der Waals surface area contributed by atoms with Crippen molar-refractivity contribution in [3.8, 4) is 0 Å². The van der Waals surface area contributed by atoms with Gasteiger partial charge < -0.3 is 5.73 Å². The average molecular weight is 146 g/mol. The molecule has 0 heterocycles. The van der Waals surface area contributed by atoms with Crippen molar-refractivity contribution < 1.29 is 0 Å². The van der Waals surface area contributed by atoms with Crippen LogP contribution >= 0.6 is 0 Å². The lowest BCUT2D eigenvalue weighted by Gasteiger charge is -2.40. The number of likely N-dealkylation sites (N-methyl/N-ethyl adjacent to an activating group) is 2. The predicted octanol–water partition coefficient (Wildman–Crippen LogP) is -1.32. The normalized spacial score (nSPS) is 13.2. The van der Waals surface area contributed by atoms with E-state index in [0.717, 1.165) is 0 Å². The molecule has 4 nitrogen and oxygen atoms in total. The zero-order valence-electron chi connectivity index (χ0n) is 7.26. The van der Waals surface area contributed by atoms with Gasteiger partial charge in [-0.05, 0) is 28.2 Å². The summed E-state index contributed by atoms with van der Waals surface area (Å²) in [5, 5.41) is 0. The Bertz CT molecular complexity index is 91.9. The molecule has 0 spiro atoms. The second-order valence-electron chi connectivity index (χ2n) is 2.87. The summed E-state index contributed by atoms with van der Waals surface area (Å²) in [6.45, 7) is 0.424. The molecular formula is C6H18N4. The number of nitrogens with two attached hydrogens (primary N) is 2. The van der Waals surface area contributed by atoms with Crippen molar-refractivity contribution in [1.82, 2.24) is 9.80 Å². The highest BCUT2D eigenvalue weighted by molar-refractivity contribution is 4.78. The Balaban J connectivity index is 4.23. The lowest BCUT2D eigenvalue weighted by atomic mass is 10.3. The van der Waals surface area contributed by atoms with Gasteiger partial charge in [0, 0.05) is 6.54 Å². The van der Waals surface area contributed by atoms with Gasteiger partial charge in [-0.3, -0.25) is 15.5 Å². The lowest BCUT2D eigenvalue weighted by Crippen LogP contribution is -2.66. The van der Waals surface area contributed by atoms with Crippen LogP contribution in [-0.4, -0.2) is 50.3 Å². The first-order valence-corrected chi connectivity index (χ1v) is 3.29. The molecule has 0 rings (SSSR count). The number of nitrogens with zero attached hydrogens (tertiary/aromatic N) is 2. The maximum atomic E-state index is 5.91. The SMILES string of the molecule is CN(C)C(N)(CN)N(C)C. The zero-order valence-corrected chi connectivity index (χ0v) is 7.26. The zero-order chi connectivity index (χ0) is 8.36. The third-order valence-electron chi connectivity index (χ3n) is 1.85.